The van der Waals surface area contributed by atoms with Crippen molar-refractivity contribution in [1.82, 2.24) is 5.32 Å². The lowest BCUT2D eigenvalue weighted by Gasteiger charge is -2.17. The van der Waals surface area contributed by atoms with Gasteiger partial charge in [0.25, 0.3) is 0 Å². The van der Waals surface area contributed by atoms with Gasteiger partial charge in [0, 0.05) is 13.1 Å². The number of benzene rings is 3. The molecule has 0 fully saturated rings. The van der Waals surface area contributed by atoms with Gasteiger partial charge < -0.3 is 15.2 Å². The fraction of sp³-hybridized carbons (Fsp3) is 0.259. The van der Waals surface area contributed by atoms with E-state index >= 15 is 0 Å². The molecule has 0 aliphatic heterocycles. The predicted molar refractivity (Wildman–Crippen MR) is 126 cm³/mol. The van der Waals surface area contributed by atoms with Crippen molar-refractivity contribution < 1.29 is 45.8 Å². The van der Waals surface area contributed by atoms with E-state index in [1.54, 1.807) is 24.3 Å². The molecule has 0 unspecified atom stereocenters. The minimum absolute atomic E-state index is 0.0653. The Bertz CT molecular complexity index is 1270. The third-order valence-electron chi connectivity index (χ3n) is 5.56. The molecule has 0 spiro atoms. The molecule has 0 radical (unpaired) electrons. The number of ether oxygens (including phenoxy) is 1. The Hall–Kier alpha value is -3.86. The summed E-state index contributed by atoms with van der Waals surface area (Å²) in [6.45, 7) is 0.00509. The summed E-state index contributed by atoms with van der Waals surface area (Å²) in [5.41, 5.74) is -1.39. The van der Waals surface area contributed by atoms with E-state index in [2.05, 4.69) is 5.32 Å². The molecule has 0 atom stereocenters. The number of hydrogen-bond acceptors (Lipinski definition) is 4. The second-order valence-corrected chi connectivity index (χ2v) is 8.38. The normalized spacial score (nSPS) is 11.8. The van der Waals surface area contributed by atoms with Crippen molar-refractivity contribution in [2.24, 2.45) is 0 Å². The first kappa shape index (κ1) is 28.7. The molecule has 38 heavy (non-hydrogen) atoms. The molecule has 11 heteroatoms. The minimum Gasteiger partial charge on any atom is -0.481 e. The summed E-state index contributed by atoms with van der Waals surface area (Å²) in [5, 5.41) is 11.9. The van der Waals surface area contributed by atoms with Crippen LogP contribution >= 0.6 is 0 Å². The maximum absolute atomic E-state index is 13.4. The summed E-state index contributed by atoms with van der Waals surface area (Å²) >= 11 is 0. The van der Waals surface area contributed by atoms with Gasteiger partial charge in [0.05, 0.1) is 24.0 Å². The maximum Gasteiger partial charge on any atom is 0.416 e. The van der Waals surface area contributed by atoms with Gasteiger partial charge in [-0.25, -0.2) is 0 Å². The lowest BCUT2D eigenvalue weighted by molar-refractivity contribution is -0.145. The highest BCUT2D eigenvalue weighted by Crippen LogP contribution is 2.37. The zero-order valence-corrected chi connectivity index (χ0v) is 19.8. The van der Waals surface area contributed by atoms with Crippen LogP contribution in [0.25, 0.3) is 11.1 Å². The molecule has 2 N–H and O–H groups in total. The topological polar surface area (TPSA) is 75.6 Å². The van der Waals surface area contributed by atoms with Crippen LogP contribution in [0.5, 0.6) is 0 Å². The summed E-state index contributed by atoms with van der Waals surface area (Å²) in [7, 11) is 0. The lowest BCUT2D eigenvalue weighted by Crippen LogP contribution is -2.20. The number of carboxylic acid groups (broad SMARTS) is 1. The second-order valence-electron chi connectivity index (χ2n) is 8.38. The standard InChI is InChI=1S/C27H23F6NO4/c28-26(29,30)21-7-8-22(18-6-9-23(27(31,32)33)19(12-18)14-24(35)36)20(13-21)15-34-11-10-25(37)38-16-17-4-2-1-3-5-17/h1-9,12-13,34H,10-11,14-16H2,(H,35,36). The van der Waals surface area contributed by atoms with E-state index in [-0.39, 0.29) is 42.8 Å². The van der Waals surface area contributed by atoms with Gasteiger partial charge >= 0.3 is 24.3 Å². The van der Waals surface area contributed by atoms with E-state index in [4.69, 9.17) is 9.84 Å². The number of alkyl halides is 6. The van der Waals surface area contributed by atoms with Crippen LogP contribution in [0, 0.1) is 0 Å². The Morgan fingerprint density at radius 1 is 0.842 bits per heavy atom. The van der Waals surface area contributed by atoms with E-state index in [0.717, 1.165) is 35.9 Å². The highest BCUT2D eigenvalue weighted by atomic mass is 19.4. The molecule has 5 nitrogen and oxygen atoms in total. The number of nitrogens with one attached hydrogen (secondary N) is 1. The van der Waals surface area contributed by atoms with E-state index in [1.165, 1.54) is 0 Å². The molecule has 202 valence electrons. The van der Waals surface area contributed by atoms with Crippen LogP contribution in [0.3, 0.4) is 0 Å². The van der Waals surface area contributed by atoms with E-state index in [0.29, 0.717) is 6.07 Å². The molecular formula is C27H23F6NO4. The Morgan fingerprint density at radius 3 is 2.18 bits per heavy atom. The number of halogens is 6. The molecular weight excluding hydrogens is 516 g/mol. The first-order chi connectivity index (χ1) is 17.8. The van der Waals surface area contributed by atoms with Gasteiger partial charge in [0.15, 0.2) is 0 Å². The largest absolute Gasteiger partial charge is 0.481 e. The number of hydrogen-bond donors (Lipinski definition) is 2. The van der Waals surface area contributed by atoms with Gasteiger partial charge in [0.2, 0.25) is 0 Å². The van der Waals surface area contributed by atoms with Crippen molar-refractivity contribution in [2.45, 2.75) is 38.3 Å². The summed E-state index contributed by atoms with van der Waals surface area (Å²) in [6, 6.07) is 14.6. The SMILES string of the molecule is O=C(O)Cc1cc(-c2ccc(C(F)(F)F)cc2CNCCC(=O)OCc2ccccc2)ccc1C(F)(F)F. The van der Waals surface area contributed by atoms with Gasteiger partial charge in [-0.1, -0.05) is 42.5 Å². The molecule has 3 aromatic carbocycles. The Labute approximate surface area is 214 Å². The van der Waals surface area contributed by atoms with Crippen LogP contribution in [-0.2, 0) is 46.3 Å². The van der Waals surface area contributed by atoms with Crippen LogP contribution in [-0.4, -0.2) is 23.6 Å². The zero-order valence-electron chi connectivity index (χ0n) is 19.8. The predicted octanol–water partition coefficient (Wildman–Crippen LogP) is 6.24. The van der Waals surface area contributed by atoms with Gasteiger partial charge in [0.1, 0.15) is 6.61 Å². The van der Waals surface area contributed by atoms with Gasteiger partial charge in [-0.15, -0.1) is 0 Å². The maximum atomic E-state index is 13.4. The number of carboxylic acids is 1. The number of esters is 1. The van der Waals surface area contributed by atoms with Crippen molar-refractivity contribution in [3.05, 3.63) is 94.5 Å². The van der Waals surface area contributed by atoms with Crippen LogP contribution in [0.2, 0.25) is 0 Å². The first-order valence-electron chi connectivity index (χ1n) is 11.4. The van der Waals surface area contributed by atoms with Gasteiger partial charge in [-0.05, 0) is 52.1 Å². The molecule has 0 aliphatic carbocycles. The highest BCUT2D eigenvalue weighted by molar-refractivity contribution is 5.74. The smallest absolute Gasteiger partial charge is 0.416 e. The molecule has 0 amide bonds. The first-order valence-corrected chi connectivity index (χ1v) is 11.4. The monoisotopic (exact) mass is 539 g/mol. The third kappa shape index (κ3) is 8.07. The molecule has 0 saturated heterocycles. The average molecular weight is 539 g/mol. The molecule has 0 aromatic heterocycles. The molecule has 3 aromatic rings. The third-order valence-corrected chi connectivity index (χ3v) is 5.56. The van der Waals surface area contributed by atoms with Crippen molar-refractivity contribution in [3.63, 3.8) is 0 Å². The van der Waals surface area contributed by atoms with Gasteiger partial charge in [-0.3, -0.25) is 9.59 Å². The van der Waals surface area contributed by atoms with Crippen molar-refractivity contribution in [3.8, 4) is 11.1 Å². The van der Waals surface area contributed by atoms with Crippen molar-refractivity contribution in [1.29, 1.82) is 0 Å². The van der Waals surface area contributed by atoms with E-state index in [9.17, 15) is 35.9 Å². The van der Waals surface area contributed by atoms with Crippen LogP contribution in [0.4, 0.5) is 26.3 Å². The lowest BCUT2D eigenvalue weighted by atomic mass is 9.93. The van der Waals surface area contributed by atoms with Crippen LogP contribution in [0.1, 0.15) is 34.2 Å². The molecule has 3 rings (SSSR count). The van der Waals surface area contributed by atoms with Crippen LogP contribution in [0.15, 0.2) is 66.7 Å². The molecule has 0 aliphatic rings. The summed E-state index contributed by atoms with van der Waals surface area (Å²) in [5.74, 6) is -2.01. The average Bonchev–Trinajstić information content (AvgIpc) is 2.84. The fourth-order valence-corrected chi connectivity index (χ4v) is 3.77. The van der Waals surface area contributed by atoms with Crippen LogP contribution < -0.4 is 5.32 Å². The molecule has 0 heterocycles. The summed E-state index contributed by atoms with van der Waals surface area (Å²) < 4.78 is 85.2. The van der Waals surface area contributed by atoms with Gasteiger partial charge in [-0.2, -0.15) is 26.3 Å². The number of rotatable bonds is 10. The summed E-state index contributed by atoms with van der Waals surface area (Å²) in [6.07, 6.45) is -10.4. The highest BCUT2D eigenvalue weighted by Gasteiger charge is 2.34. The van der Waals surface area contributed by atoms with Crippen molar-refractivity contribution >= 4 is 11.9 Å². The fourth-order valence-electron chi connectivity index (χ4n) is 3.77. The Balaban J connectivity index is 1.78. The zero-order chi connectivity index (χ0) is 27.9. The quantitative estimate of drug-likeness (QED) is 0.181. The number of aliphatic carboxylic acids is 1. The second kappa shape index (κ2) is 12.1. The van der Waals surface area contributed by atoms with E-state index in [1.807, 2.05) is 6.07 Å². The van der Waals surface area contributed by atoms with Crippen molar-refractivity contribution in [2.75, 3.05) is 6.54 Å². The molecule has 0 saturated carbocycles. The Morgan fingerprint density at radius 2 is 1.55 bits per heavy atom. The Kier molecular flexibility index (Phi) is 9.16. The number of carbonyl (C=O) groups is 2. The summed E-state index contributed by atoms with van der Waals surface area (Å²) in [4.78, 5) is 23.1. The van der Waals surface area contributed by atoms with E-state index < -0.39 is 47.4 Å². The number of carbonyl (C=O) groups excluding carboxylic acids is 1. The molecule has 0 bridgehead atoms. The minimum atomic E-state index is -4.80.